The molecule has 12 heavy (non-hydrogen) atoms. The predicted octanol–water partition coefficient (Wildman–Crippen LogP) is 1.68. The van der Waals surface area contributed by atoms with Gasteiger partial charge in [0.1, 0.15) is 7.85 Å². The molecule has 0 aliphatic carbocycles. The Balaban J connectivity index is 2.67. The monoisotopic (exact) mass is 178 g/mol. The van der Waals surface area contributed by atoms with E-state index in [0.29, 0.717) is 16.1 Å². The number of hydrogen-bond acceptors (Lipinski definition) is 2. The number of esters is 1. The molecule has 0 fully saturated rings. The molecule has 0 bridgehead atoms. The van der Waals surface area contributed by atoms with Gasteiger partial charge in [0.05, 0.1) is 11.6 Å². The van der Waals surface area contributed by atoms with Crippen molar-refractivity contribution in [3.63, 3.8) is 0 Å². The van der Waals surface area contributed by atoms with Gasteiger partial charge in [-0.15, -0.1) is 0 Å². The molecule has 0 spiro atoms. The van der Waals surface area contributed by atoms with Gasteiger partial charge in [-0.1, -0.05) is 17.7 Å². The van der Waals surface area contributed by atoms with Crippen molar-refractivity contribution in [1.82, 2.24) is 0 Å². The number of rotatable bonds is 0. The van der Waals surface area contributed by atoms with Gasteiger partial charge in [0.15, 0.2) is 0 Å². The maximum atomic E-state index is 11.1. The highest BCUT2D eigenvalue weighted by Crippen LogP contribution is 2.33. The topological polar surface area (TPSA) is 26.3 Å². The SMILES string of the molecule is [B]C1OC(=O)c2cccc(Cl)c21. The summed E-state index contributed by atoms with van der Waals surface area (Å²) in [7, 11) is 5.51. The van der Waals surface area contributed by atoms with Crippen LogP contribution in [-0.4, -0.2) is 13.8 Å². The van der Waals surface area contributed by atoms with Gasteiger partial charge < -0.3 is 4.74 Å². The largest absolute Gasteiger partial charge is 0.464 e. The summed E-state index contributed by atoms with van der Waals surface area (Å²) in [5, 5.41) is 0.478. The molecule has 1 aliphatic heterocycles. The second-order valence-corrected chi connectivity index (χ2v) is 2.93. The molecule has 1 aromatic carbocycles. The van der Waals surface area contributed by atoms with Crippen LogP contribution in [0.5, 0.6) is 0 Å². The minimum Gasteiger partial charge on any atom is -0.464 e. The van der Waals surface area contributed by atoms with E-state index in [1.54, 1.807) is 18.2 Å². The lowest BCUT2D eigenvalue weighted by Crippen LogP contribution is -1.96. The standard InChI is InChI=1S/C8H4BClO2/c9-7-6-4(8(11)12-7)2-1-3-5(6)10/h1-3,7H. The van der Waals surface area contributed by atoms with Crippen LogP contribution in [0.3, 0.4) is 0 Å². The summed E-state index contributed by atoms with van der Waals surface area (Å²) in [5.74, 6) is -0.403. The zero-order chi connectivity index (χ0) is 8.72. The van der Waals surface area contributed by atoms with E-state index in [4.69, 9.17) is 24.2 Å². The minimum atomic E-state index is -0.707. The molecule has 0 saturated carbocycles. The fourth-order valence-corrected chi connectivity index (χ4v) is 1.52. The molecule has 2 rings (SSSR count). The summed E-state index contributed by atoms with van der Waals surface area (Å²) in [6.45, 7) is 0. The van der Waals surface area contributed by atoms with Crippen LogP contribution in [0.25, 0.3) is 0 Å². The van der Waals surface area contributed by atoms with E-state index in [-0.39, 0.29) is 0 Å². The van der Waals surface area contributed by atoms with Crippen LogP contribution in [-0.2, 0) is 4.74 Å². The molecule has 1 aliphatic rings. The van der Waals surface area contributed by atoms with Crippen LogP contribution in [0, 0.1) is 0 Å². The van der Waals surface area contributed by atoms with E-state index in [2.05, 4.69) is 0 Å². The van der Waals surface area contributed by atoms with E-state index in [9.17, 15) is 4.79 Å². The van der Waals surface area contributed by atoms with Crippen molar-refractivity contribution in [3.8, 4) is 0 Å². The Morgan fingerprint density at radius 3 is 2.92 bits per heavy atom. The van der Waals surface area contributed by atoms with Gasteiger partial charge in [-0.25, -0.2) is 4.79 Å². The van der Waals surface area contributed by atoms with Gasteiger partial charge in [-0.2, -0.15) is 0 Å². The van der Waals surface area contributed by atoms with E-state index >= 15 is 0 Å². The average molecular weight is 178 g/mol. The maximum Gasteiger partial charge on any atom is 0.338 e. The summed E-state index contributed by atoms with van der Waals surface area (Å²) >= 11 is 5.82. The van der Waals surface area contributed by atoms with Crippen LogP contribution < -0.4 is 0 Å². The average Bonchev–Trinajstić information content (AvgIpc) is 2.29. The Kier molecular flexibility index (Phi) is 1.62. The molecule has 4 heteroatoms. The van der Waals surface area contributed by atoms with Gasteiger partial charge in [0.2, 0.25) is 0 Å². The molecule has 0 aromatic heterocycles. The third-order valence-electron chi connectivity index (χ3n) is 1.79. The van der Waals surface area contributed by atoms with Crippen molar-refractivity contribution < 1.29 is 9.53 Å². The summed E-state index contributed by atoms with van der Waals surface area (Å²) < 4.78 is 4.77. The summed E-state index contributed by atoms with van der Waals surface area (Å²) in [5.41, 5.74) is 1.05. The third-order valence-corrected chi connectivity index (χ3v) is 2.12. The van der Waals surface area contributed by atoms with E-state index in [1.807, 2.05) is 0 Å². The van der Waals surface area contributed by atoms with Crippen LogP contribution in [0.2, 0.25) is 5.02 Å². The molecule has 1 atom stereocenters. The zero-order valence-electron chi connectivity index (χ0n) is 6.08. The molecular formula is C8H4BClO2. The Hall–Kier alpha value is -0.955. The van der Waals surface area contributed by atoms with E-state index in [0.717, 1.165) is 0 Å². The Morgan fingerprint density at radius 2 is 2.25 bits per heavy atom. The number of halogens is 1. The Labute approximate surface area is 75.9 Å². The zero-order valence-corrected chi connectivity index (χ0v) is 6.84. The first kappa shape index (κ1) is 7.68. The molecular weight excluding hydrogens is 174 g/mol. The number of carbonyl (C=O) groups is 1. The molecule has 0 amide bonds. The lowest BCUT2D eigenvalue weighted by molar-refractivity contribution is 0.0512. The van der Waals surface area contributed by atoms with Crippen molar-refractivity contribution in [2.45, 2.75) is 6.00 Å². The van der Waals surface area contributed by atoms with Gasteiger partial charge >= 0.3 is 5.97 Å². The van der Waals surface area contributed by atoms with Crippen LogP contribution >= 0.6 is 11.6 Å². The quantitative estimate of drug-likeness (QED) is 0.446. The summed E-state index contributed by atoms with van der Waals surface area (Å²) in [6, 6.07) is 4.32. The second kappa shape index (κ2) is 2.52. The minimum absolute atomic E-state index is 0.403. The van der Waals surface area contributed by atoms with Gasteiger partial charge in [-0.05, 0) is 12.1 Å². The molecule has 58 valence electrons. The van der Waals surface area contributed by atoms with Crippen LogP contribution in [0.1, 0.15) is 21.9 Å². The summed E-state index contributed by atoms with van der Waals surface area (Å²) in [6.07, 6.45) is 0. The molecule has 2 radical (unpaired) electrons. The molecule has 1 aromatic rings. The number of hydrogen-bond donors (Lipinski definition) is 0. The Bertz CT molecular complexity index is 351. The van der Waals surface area contributed by atoms with Crippen LogP contribution in [0.15, 0.2) is 18.2 Å². The van der Waals surface area contributed by atoms with Crippen molar-refractivity contribution in [1.29, 1.82) is 0 Å². The van der Waals surface area contributed by atoms with Gasteiger partial charge in [0, 0.05) is 10.6 Å². The molecule has 2 nitrogen and oxygen atoms in total. The predicted molar refractivity (Wildman–Crippen MR) is 45.4 cm³/mol. The van der Waals surface area contributed by atoms with Crippen molar-refractivity contribution in [2.75, 3.05) is 0 Å². The molecule has 0 saturated heterocycles. The number of carbonyl (C=O) groups excluding carboxylic acids is 1. The first-order valence-electron chi connectivity index (χ1n) is 3.45. The van der Waals surface area contributed by atoms with Gasteiger partial charge in [0.25, 0.3) is 0 Å². The highest BCUT2D eigenvalue weighted by atomic mass is 35.5. The normalized spacial score (nSPS) is 20.4. The smallest absolute Gasteiger partial charge is 0.338 e. The van der Waals surface area contributed by atoms with E-state index in [1.165, 1.54) is 0 Å². The number of cyclic esters (lactones) is 1. The van der Waals surface area contributed by atoms with Crippen molar-refractivity contribution in [3.05, 3.63) is 34.3 Å². The first-order valence-corrected chi connectivity index (χ1v) is 3.83. The fourth-order valence-electron chi connectivity index (χ4n) is 1.24. The second-order valence-electron chi connectivity index (χ2n) is 2.53. The molecule has 1 heterocycles. The summed E-state index contributed by atoms with van der Waals surface area (Å²) in [4.78, 5) is 11.1. The highest BCUT2D eigenvalue weighted by molar-refractivity contribution is 6.33. The fraction of sp³-hybridized carbons (Fsp3) is 0.125. The molecule has 1 unspecified atom stereocenters. The highest BCUT2D eigenvalue weighted by Gasteiger charge is 2.28. The number of benzene rings is 1. The van der Waals surface area contributed by atoms with Crippen LogP contribution in [0.4, 0.5) is 0 Å². The molecule has 0 N–H and O–H groups in total. The van der Waals surface area contributed by atoms with Crippen molar-refractivity contribution >= 4 is 25.4 Å². The lowest BCUT2D eigenvalue weighted by Gasteiger charge is -2.03. The third kappa shape index (κ3) is 0.933. The van der Waals surface area contributed by atoms with E-state index < -0.39 is 12.0 Å². The number of ether oxygens (including phenoxy) is 1. The Morgan fingerprint density at radius 1 is 1.50 bits per heavy atom. The van der Waals surface area contributed by atoms with Gasteiger partial charge in [-0.3, -0.25) is 0 Å². The number of fused-ring (bicyclic) bond motifs is 1. The van der Waals surface area contributed by atoms with Crippen molar-refractivity contribution in [2.24, 2.45) is 0 Å². The lowest BCUT2D eigenvalue weighted by atomic mass is 9.91. The maximum absolute atomic E-state index is 11.1. The first-order chi connectivity index (χ1) is 5.70.